The number of unbranched alkanes of at least 4 members (excludes halogenated alkanes) is 1. The van der Waals surface area contributed by atoms with Gasteiger partial charge in [-0.05, 0) is 110 Å². The number of carboxylic acids is 1. The van der Waals surface area contributed by atoms with Crippen molar-refractivity contribution in [3.8, 4) is 17.2 Å². The van der Waals surface area contributed by atoms with Crippen LogP contribution < -0.4 is 71.2 Å². The second-order valence-electron chi connectivity index (χ2n) is 21.9. The molecule has 0 fully saturated rings. The Kier molecular flexibility index (Phi) is 28.1. The Labute approximate surface area is 528 Å². The van der Waals surface area contributed by atoms with Crippen LogP contribution in [0.25, 0.3) is 10.9 Å². The van der Waals surface area contributed by atoms with E-state index in [-0.39, 0.29) is 87.7 Å². The van der Waals surface area contributed by atoms with Crippen LogP contribution in [-0.4, -0.2) is 181 Å². The molecule has 9 amide bonds. The number of carboxylic acid groups (broad SMARTS) is 1. The molecular formula is C61H81N15O16. The molecule has 496 valence electrons. The molecule has 4 aromatic carbocycles. The number of benzene rings is 4. The number of carbonyl (C=O) groups is 10. The Hall–Kier alpha value is -10.4. The van der Waals surface area contributed by atoms with Crippen molar-refractivity contribution < 1.29 is 78.6 Å². The number of H-pyrrole nitrogens is 1. The zero-order valence-electron chi connectivity index (χ0n) is 50.4. The lowest BCUT2D eigenvalue weighted by Gasteiger charge is -2.28. The predicted octanol–water partition coefficient (Wildman–Crippen LogP) is -3.72. The Morgan fingerprint density at radius 1 is 0.500 bits per heavy atom. The summed E-state index contributed by atoms with van der Waals surface area (Å²) < 4.78 is 0. The molecule has 31 nitrogen and oxygen atoms in total. The molecule has 0 saturated heterocycles. The molecule has 0 aliphatic rings. The summed E-state index contributed by atoms with van der Waals surface area (Å²) in [6.07, 6.45) is -1.41. The van der Waals surface area contributed by atoms with Gasteiger partial charge in [0.1, 0.15) is 71.6 Å². The van der Waals surface area contributed by atoms with Crippen LogP contribution in [0.1, 0.15) is 67.7 Å². The zero-order chi connectivity index (χ0) is 67.6. The molecule has 0 aliphatic carbocycles. The SMILES string of the molecule is C[C@@H](O)[C@H](N)C(=O)N[C@@H](Cc1ccc(O)cc1)C(=O)N[C@@H](Cc1ccc(O)cc1)C(=O)N[C@@H](CCCN=C(N)N)C(=O)N[C@@H](CO)C(=O)N[C@@H](CCCCN)C(=O)N[C@@H](Cc1c[nH]c2ccccc12)C(=O)N[C@@H](Cc1ccc(O)cc1)C(=O)N[C@@H](CC(N)=O)C(=O)O. The topological polar surface area (TPSA) is 547 Å². The number of nitrogens with one attached hydrogen (secondary N) is 9. The van der Waals surface area contributed by atoms with E-state index >= 15 is 0 Å². The Balaban J connectivity index is 1.44. The second kappa shape index (κ2) is 35.7. The van der Waals surface area contributed by atoms with Gasteiger partial charge in [-0.15, -0.1) is 0 Å². The maximum absolute atomic E-state index is 14.7. The summed E-state index contributed by atoms with van der Waals surface area (Å²) in [7, 11) is 0. The monoisotopic (exact) mass is 1280 g/mol. The molecule has 0 saturated carbocycles. The lowest BCUT2D eigenvalue weighted by atomic mass is 10.0. The van der Waals surface area contributed by atoms with E-state index in [1.165, 1.54) is 79.7 Å². The van der Waals surface area contributed by atoms with Crippen molar-refractivity contribution in [2.24, 2.45) is 33.7 Å². The van der Waals surface area contributed by atoms with Gasteiger partial charge in [0.25, 0.3) is 0 Å². The standard InChI is InChI=1S/C61H81N15O16/c1-32(78)51(64)59(90)74-46(27-35-15-21-39(81)22-16-35)55(86)71-44(25-33-11-17-37(79)18-12-33)54(85)69-43(10-6-24-67-61(65)66)53(84)76-49(31-77)58(89)70-42(9-4-5-23-62)52(83)73-47(28-36-30-68-41-8-3-2-7-40(36)41)57(88)72-45(26-34-13-19-38(80)20-14-34)56(87)75-48(60(91)92)29-50(63)82/h2-3,7-8,11-22,30,32,42-49,51,68,77-81H,4-6,9-10,23-29,31,62,64H2,1H3,(H2,63,82)(H,69,85)(H,70,89)(H,71,86)(H,72,88)(H,73,83)(H,74,90)(H,75,87)(H,76,84)(H,91,92)(H4,65,66,67)/t32-,42+,43+,44+,45+,46+,47+,48+,49+,51+/m1/s1. The van der Waals surface area contributed by atoms with Crippen molar-refractivity contribution in [3.05, 3.63) is 126 Å². The van der Waals surface area contributed by atoms with Crippen LogP contribution in [0.3, 0.4) is 0 Å². The fourth-order valence-corrected chi connectivity index (χ4v) is 9.48. The minimum atomic E-state index is -1.84. The maximum Gasteiger partial charge on any atom is 0.326 e. The van der Waals surface area contributed by atoms with Crippen LogP contribution in [0.4, 0.5) is 0 Å². The Bertz CT molecular complexity index is 3360. The Morgan fingerprint density at radius 3 is 1.29 bits per heavy atom. The molecule has 5 rings (SSSR count). The number of phenolic OH excluding ortho intramolecular Hbond substituents is 3. The van der Waals surface area contributed by atoms with E-state index in [1.54, 1.807) is 30.5 Å². The summed E-state index contributed by atoms with van der Waals surface area (Å²) in [5.41, 5.74) is 30.5. The number of amides is 9. The van der Waals surface area contributed by atoms with Gasteiger partial charge in [-0.1, -0.05) is 54.6 Å². The second-order valence-corrected chi connectivity index (χ2v) is 21.9. The van der Waals surface area contributed by atoms with Gasteiger partial charge in [0.05, 0.1) is 19.1 Å². The van der Waals surface area contributed by atoms with E-state index in [0.29, 0.717) is 39.6 Å². The van der Waals surface area contributed by atoms with E-state index in [4.69, 9.17) is 28.7 Å². The number of primary amides is 1. The molecule has 92 heavy (non-hydrogen) atoms. The number of aliphatic hydroxyl groups is 2. The van der Waals surface area contributed by atoms with Crippen molar-refractivity contribution in [2.45, 2.75) is 132 Å². The number of hydrogen-bond donors (Lipinski definition) is 20. The zero-order valence-corrected chi connectivity index (χ0v) is 50.4. The summed E-state index contributed by atoms with van der Waals surface area (Å²) in [6, 6.07) is 9.29. The number of aromatic hydroxyl groups is 3. The first-order chi connectivity index (χ1) is 43.7. The number of aliphatic imine (C=N–C) groups is 1. The average molecular weight is 1280 g/mol. The molecule has 31 heteroatoms. The van der Waals surface area contributed by atoms with E-state index < -0.39 is 133 Å². The molecule has 5 aromatic rings. The maximum atomic E-state index is 14.7. The third-order valence-corrected chi connectivity index (χ3v) is 14.6. The first kappa shape index (κ1) is 72.4. The fourth-order valence-electron chi connectivity index (χ4n) is 9.48. The lowest BCUT2D eigenvalue weighted by molar-refractivity contribution is -0.143. The average Bonchev–Trinajstić information content (AvgIpc) is 1.66. The van der Waals surface area contributed by atoms with Gasteiger partial charge in [-0.3, -0.25) is 48.1 Å². The summed E-state index contributed by atoms with van der Waals surface area (Å²) in [5.74, 6) is -11.4. The number of aliphatic hydroxyl groups excluding tert-OH is 2. The number of hydrogen-bond acceptors (Lipinski definition) is 18. The third kappa shape index (κ3) is 23.2. The largest absolute Gasteiger partial charge is 0.508 e. The highest BCUT2D eigenvalue weighted by Gasteiger charge is 2.36. The van der Waals surface area contributed by atoms with Crippen molar-refractivity contribution in [2.75, 3.05) is 19.7 Å². The third-order valence-electron chi connectivity index (χ3n) is 14.6. The molecule has 0 aliphatic heterocycles. The van der Waals surface area contributed by atoms with Crippen molar-refractivity contribution in [3.63, 3.8) is 0 Å². The van der Waals surface area contributed by atoms with Gasteiger partial charge < -0.3 is 107 Å². The van der Waals surface area contributed by atoms with Crippen LogP contribution in [0, 0.1) is 0 Å². The van der Waals surface area contributed by atoms with E-state index in [9.17, 15) is 78.6 Å². The van der Waals surface area contributed by atoms with Crippen LogP contribution in [0.2, 0.25) is 0 Å². The minimum Gasteiger partial charge on any atom is -0.508 e. The number of fused-ring (bicyclic) bond motifs is 1. The van der Waals surface area contributed by atoms with E-state index in [0.717, 1.165) is 0 Å². The normalized spacial score (nSPS) is 14.4. The van der Waals surface area contributed by atoms with Crippen molar-refractivity contribution in [1.29, 1.82) is 0 Å². The molecule has 0 bridgehead atoms. The first-order valence-corrected chi connectivity index (χ1v) is 29.4. The minimum absolute atomic E-state index is 0.0164. The molecule has 0 radical (unpaired) electrons. The van der Waals surface area contributed by atoms with Gasteiger partial charge >= 0.3 is 5.97 Å². The van der Waals surface area contributed by atoms with E-state index in [2.05, 4.69) is 52.5 Å². The first-order valence-electron chi connectivity index (χ1n) is 29.4. The van der Waals surface area contributed by atoms with Gasteiger partial charge in [0.15, 0.2) is 5.96 Å². The lowest BCUT2D eigenvalue weighted by Crippen LogP contribution is -2.61. The molecule has 1 heterocycles. The molecule has 1 aromatic heterocycles. The number of nitrogens with zero attached hydrogens (tertiary/aromatic N) is 1. The van der Waals surface area contributed by atoms with Crippen LogP contribution >= 0.6 is 0 Å². The van der Waals surface area contributed by atoms with Crippen molar-refractivity contribution >= 4 is 76.0 Å². The number of carbonyl (C=O) groups excluding carboxylic acids is 9. The number of aliphatic carboxylic acids is 1. The van der Waals surface area contributed by atoms with Gasteiger partial charge in [0.2, 0.25) is 53.2 Å². The van der Waals surface area contributed by atoms with Gasteiger partial charge in [0, 0.05) is 49.3 Å². The van der Waals surface area contributed by atoms with Crippen LogP contribution in [0.15, 0.2) is 108 Å². The Morgan fingerprint density at radius 2 is 0.880 bits per heavy atom. The molecule has 25 N–H and O–H groups in total. The highest BCUT2D eigenvalue weighted by Crippen LogP contribution is 2.21. The number of guanidine groups is 1. The quantitative estimate of drug-likeness (QED) is 0.0103. The van der Waals surface area contributed by atoms with Crippen LogP contribution in [-0.2, 0) is 73.6 Å². The molecule has 10 atom stereocenters. The van der Waals surface area contributed by atoms with Crippen molar-refractivity contribution in [1.82, 2.24) is 47.5 Å². The number of aromatic amines is 1. The number of phenols is 3. The van der Waals surface area contributed by atoms with Gasteiger partial charge in [-0.2, -0.15) is 0 Å². The highest BCUT2D eigenvalue weighted by molar-refractivity contribution is 5.99. The van der Waals surface area contributed by atoms with Gasteiger partial charge in [-0.25, -0.2) is 4.79 Å². The highest BCUT2D eigenvalue weighted by atomic mass is 16.4. The van der Waals surface area contributed by atoms with Crippen LogP contribution in [0.5, 0.6) is 17.2 Å². The summed E-state index contributed by atoms with van der Waals surface area (Å²) in [4.78, 5) is 145. The fraction of sp³-hybridized carbons (Fsp3) is 0.393. The van der Waals surface area contributed by atoms with E-state index in [1.807, 2.05) is 0 Å². The number of aromatic nitrogens is 1. The number of rotatable bonds is 37. The summed E-state index contributed by atoms with van der Waals surface area (Å²) in [6.45, 7) is 0.258. The molecular weight excluding hydrogens is 1200 g/mol. The molecule has 0 unspecified atom stereocenters. The smallest absolute Gasteiger partial charge is 0.326 e. The number of para-hydroxylation sites is 1. The number of nitrogens with two attached hydrogens (primary N) is 5. The predicted molar refractivity (Wildman–Crippen MR) is 334 cm³/mol. The summed E-state index contributed by atoms with van der Waals surface area (Å²) >= 11 is 0. The molecule has 0 spiro atoms. The summed E-state index contributed by atoms with van der Waals surface area (Å²) in [5, 5.41) is 81.3.